The van der Waals surface area contributed by atoms with Gasteiger partial charge in [0.2, 0.25) is 0 Å². The van der Waals surface area contributed by atoms with E-state index in [9.17, 15) is 0 Å². The van der Waals surface area contributed by atoms with Gasteiger partial charge in [0, 0.05) is 5.69 Å². The van der Waals surface area contributed by atoms with Crippen LogP contribution in [0.5, 0.6) is 0 Å². The van der Waals surface area contributed by atoms with Gasteiger partial charge in [-0.3, -0.25) is 0 Å². The van der Waals surface area contributed by atoms with Gasteiger partial charge in [-0.15, -0.1) is 0 Å². The summed E-state index contributed by atoms with van der Waals surface area (Å²) < 4.78 is 0. The van der Waals surface area contributed by atoms with Gasteiger partial charge in [-0.2, -0.15) is 0 Å². The average molecular weight is 290 g/mol. The second kappa shape index (κ2) is 10.7. The van der Waals surface area contributed by atoms with Crippen LogP contribution >= 0.6 is 0 Å². The minimum atomic E-state index is 0.787. The zero-order valence-electron chi connectivity index (χ0n) is 14.4. The Bertz CT molecular complexity index is 353. The third kappa shape index (κ3) is 9.55. The first kappa shape index (κ1) is 18.1. The van der Waals surface area contributed by atoms with Gasteiger partial charge < -0.3 is 5.73 Å². The molecule has 0 heterocycles. The summed E-state index contributed by atoms with van der Waals surface area (Å²) in [7, 11) is 0. The van der Waals surface area contributed by atoms with Crippen molar-refractivity contribution in [3.63, 3.8) is 0 Å². The van der Waals surface area contributed by atoms with Gasteiger partial charge in [-0.1, -0.05) is 84.3 Å². The summed E-state index contributed by atoms with van der Waals surface area (Å²) >= 11 is 0. The Morgan fingerprint density at radius 1 is 0.762 bits per heavy atom. The van der Waals surface area contributed by atoms with E-state index >= 15 is 0 Å². The predicted molar refractivity (Wildman–Crippen MR) is 95.5 cm³/mol. The van der Waals surface area contributed by atoms with Gasteiger partial charge in [0.25, 0.3) is 0 Å². The standard InChI is InChI=1S/C20H35N/c1-17(2)10-8-6-4-5-7-9-11-18(3)16-19-12-14-20(21)15-13-19/h12-15,17-18H,4-11,16,21H2,1-3H3. The molecule has 0 amide bonds. The van der Waals surface area contributed by atoms with Crippen molar-refractivity contribution in [2.75, 3.05) is 5.73 Å². The molecule has 0 bridgehead atoms. The summed E-state index contributed by atoms with van der Waals surface area (Å²) in [5.41, 5.74) is 8.01. The molecule has 0 radical (unpaired) electrons. The third-order valence-corrected chi connectivity index (χ3v) is 4.29. The predicted octanol–water partition coefficient (Wildman–Crippen LogP) is 6.22. The SMILES string of the molecule is CC(C)CCCCCCCCC(C)Cc1ccc(N)cc1. The molecular formula is C20H35N. The highest BCUT2D eigenvalue weighted by atomic mass is 14.5. The van der Waals surface area contributed by atoms with Crippen molar-refractivity contribution in [1.82, 2.24) is 0 Å². The number of rotatable bonds is 11. The van der Waals surface area contributed by atoms with Crippen LogP contribution in [0.3, 0.4) is 0 Å². The first-order chi connectivity index (χ1) is 10.1. The third-order valence-electron chi connectivity index (χ3n) is 4.29. The molecular weight excluding hydrogens is 254 g/mol. The molecule has 0 saturated heterocycles. The maximum atomic E-state index is 5.72. The Balaban J connectivity index is 1.98. The van der Waals surface area contributed by atoms with Crippen LogP contribution in [0, 0.1) is 11.8 Å². The fourth-order valence-corrected chi connectivity index (χ4v) is 2.91. The number of benzene rings is 1. The van der Waals surface area contributed by atoms with E-state index in [2.05, 4.69) is 32.9 Å². The molecule has 1 aromatic carbocycles. The first-order valence-corrected chi connectivity index (χ1v) is 8.92. The van der Waals surface area contributed by atoms with E-state index in [1.54, 1.807) is 0 Å². The van der Waals surface area contributed by atoms with E-state index in [1.165, 1.54) is 63.4 Å². The van der Waals surface area contributed by atoms with Crippen molar-refractivity contribution < 1.29 is 0 Å². The number of hydrogen-bond donors (Lipinski definition) is 1. The van der Waals surface area contributed by atoms with E-state index in [0.717, 1.165) is 17.5 Å². The highest BCUT2D eigenvalue weighted by Crippen LogP contribution is 2.18. The van der Waals surface area contributed by atoms with Crippen LogP contribution in [0.15, 0.2) is 24.3 Å². The van der Waals surface area contributed by atoms with Crippen molar-refractivity contribution in [1.29, 1.82) is 0 Å². The first-order valence-electron chi connectivity index (χ1n) is 8.92. The molecule has 1 unspecified atom stereocenters. The normalized spacial score (nSPS) is 12.8. The fourth-order valence-electron chi connectivity index (χ4n) is 2.91. The lowest BCUT2D eigenvalue weighted by Crippen LogP contribution is -2.00. The second-order valence-electron chi connectivity index (χ2n) is 7.14. The van der Waals surface area contributed by atoms with Crippen LogP contribution in [-0.4, -0.2) is 0 Å². The van der Waals surface area contributed by atoms with Crippen LogP contribution in [0.4, 0.5) is 5.69 Å². The van der Waals surface area contributed by atoms with Gasteiger partial charge >= 0.3 is 0 Å². The smallest absolute Gasteiger partial charge is 0.0314 e. The molecule has 21 heavy (non-hydrogen) atoms. The van der Waals surface area contributed by atoms with Gasteiger partial charge in [0.15, 0.2) is 0 Å². The summed E-state index contributed by atoms with van der Waals surface area (Å²) in [5.74, 6) is 1.66. The minimum Gasteiger partial charge on any atom is -0.399 e. The number of anilines is 1. The van der Waals surface area contributed by atoms with Crippen LogP contribution in [0.25, 0.3) is 0 Å². The minimum absolute atomic E-state index is 0.787. The molecule has 0 aromatic heterocycles. The molecule has 1 aromatic rings. The van der Waals surface area contributed by atoms with E-state index in [1.807, 2.05) is 12.1 Å². The van der Waals surface area contributed by atoms with Gasteiger partial charge in [0.1, 0.15) is 0 Å². The van der Waals surface area contributed by atoms with E-state index < -0.39 is 0 Å². The maximum Gasteiger partial charge on any atom is 0.0314 e. The highest BCUT2D eigenvalue weighted by Gasteiger charge is 2.04. The summed E-state index contributed by atoms with van der Waals surface area (Å²) in [5, 5.41) is 0. The zero-order chi connectivity index (χ0) is 15.5. The van der Waals surface area contributed by atoms with Crippen LogP contribution < -0.4 is 5.73 Å². The Morgan fingerprint density at radius 2 is 1.29 bits per heavy atom. The molecule has 0 fully saturated rings. The monoisotopic (exact) mass is 289 g/mol. The number of nitrogens with two attached hydrogens (primary N) is 1. The molecule has 0 aliphatic heterocycles. The van der Waals surface area contributed by atoms with Crippen molar-refractivity contribution in [3.05, 3.63) is 29.8 Å². The van der Waals surface area contributed by atoms with Gasteiger partial charge in [-0.25, -0.2) is 0 Å². The lowest BCUT2D eigenvalue weighted by atomic mass is 9.95. The molecule has 0 aliphatic carbocycles. The summed E-state index contributed by atoms with van der Waals surface area (Å²) in [6.07, 6.45) is 12.5. The molecule has 2 N–H and O–H groups in total. The number of nitrogen functional groups attached to an aromatic ring is 1. The molecule has 0 spiro atoms. The number of unbranched alkanes of at least 4 members (excludes halogenated alkanes) is 5. The Kier molecular flexibility index (Phi) is 9.21. The molecule has 0 aliphatic rings. The second-order valence-corrected chi connectivity index (χ2v) is 7.14. The quantitative estimate of drug-likeness (QED) is 0.379. The Morgan fingerprint density at radius 3 is 1.86 bits per heavy atom. The summed E-state index contributed by atoms with van der Waals surface area (Å²) in [4.78, 5) is 0. The fraction of sp³-hybridized carbons (Fsp3) is 0.700. The van der Waals surface area contributed by atoms with Crippen LogP contribution in [-0.2, 0) is 6.42 Å². The molecule has 1 rings (SSSR count). The van der Waals surface area contributed by atoms with Crippen LogP contribution in [0.2, 0.25) is 0 Å². The summed E-state index contributed by atoms with van der Waals surface area (Å²) in [6.45, 7) is 7.02. The molecule has 120 valence electrons. The van der Waals surface area contributed by atoms with Gasteiger partial charge in [0.05, 0.1) is 0 Å². The van der Waals surface area contributed by atoms with Crippen molar-refractivity contribution in [2.24, 2.45) is 11.8 Å². The highest BCUT2D eigenvalue weighted by molar-refractivity contribution is 5.39. The lowest BCUT2D eigenvalue weighted by molar-refractivity contribution is 0.471. The molecule has 0 saturated carbocycles. The molecule has 1 nitrogen and oxygen atoms in total. The lowest BCUT2D eigenvalue weighted by Gasteiger charge is -2.11. The number of hydrogen-bond acceptors (Lipinski definition) is 1. The zero-order valence-corrected chi connectivity index (χ0v) is 14.4. The van der Waals surface area contributed by atoms with Crippen molar-refractivity contribution in [2.45, 2.75) is 78.6 Å². The largest absolute Gasteiger partial charge is 0.399 e. The summed E-state index contributed by atoms with van der Waals surface area (Å²) in [6, 6.07) is 8.36. The average Bonchev–Trinajstić information content (AvgIpc) is 2.44. The van der Waals surface area contributed by atoms with Gasteiger partial charge in [-0.05, 0) is 36.0 Å². The van der Waals surface area contributed by atoms with E-state index in [-0.39, 0.29) is 0 Å². The molecule has 1 heteroatoms. The molecule has 1 atom stereocenters. The maximum absolute atomic E-state index is 5.72. The van der Waals surface area contributed by atoms with E-state index in [4.69, 9.17) is 5.73 Å². The van der Waals surface area contributed by atoms with Crippen molar-refractivity contribution in [3.8, 4) is 0 Å². The van der Waals surface area contributed by atoms with E-state index in [0.29, 0.717) is 0 Å². The Labute approximate surface area is 132 Å². The topological polar surface area (TPSA) is 26.0 Å². The van der Waals surface area contributed by atoms with Crippen LogP contribution in [0.1, 0.15) is 77.7 Å². The Hall–Kier alpha value is -0.980. The van der Waals surface area contributed by atoms with Crippen molar-refractivity contribution >= 4 is 5.69 Å².